The minimum Gasteiger partial charge on any atom is -0.474 e. The third kappa shape index (κ3) is 4.04. The first-order valence-corrected chi connectivity index (χ1v) is 9.52. The molecule has 2 N–H and O–H groups in total. The lowest BCUT2D eigenvalue weighted by Crippen LogP contribution is -2.48. The molecular formula is C20H25FN4O2. The van der Waals surface area contributed by atoms with Crippen LogP contribution in [-0.2, 0) is 4.79 Å². The van der Waals surface area contributed by atoms with Crippen molar-refractivity contribution < 1.29 is 13.9 Å². The maximum Gasteiger partial charge on any atom is 0.238 e. The van der Waals surface area contributed by atoms with E-state index in [9.17, 15) is 9.18 Å². The summed E-state index contributed by atoms with van der Waals surface area (Å²) in [5.74, 6) is 0.581. The minimum atomic E-state index is -1.00. The van der Waals surface area contributed by atoms with Gasteiger partial charge in [-0.2, -0.15) is 0 Å². The molecule has 4 rings (SSSR count). The highest BCUT2D eigenvalue weighted by atomic mass is 19.1. The predicted molar refractivity (Wildman–Crippen MR) is 101 cm³/mol. The fraction of sp³-hybridized carbons (Fsp3) is 0.500. The van der Waals surface area contributed by atoms with Gasteiger partial charge in [-0.1, -0.05) is 18.2 Å². The number of carbonyl (C=O) groups excluding carboxylic acids is 1. The van der Waals surface area contributed by atoms with Gasteiger partial charge in [-0.25, -0.2) is 9.37 Å². The highest BCUT2D eigenvalue weighted by Gasteiger charge is 2.34. The molecule has 0 spiro atoms. The molecule has 3 heterocycles. The number of rotatable bonds is 4. The van der Waals surface area contributed by atoms with Gasteiger partial charge >= 0.3 is 0 Å². The number of nitrogens with two attached hydrogens (primary N) is 1. The van der Waals surface area contributed by atoms with Crippen LogP contribution in [-0.4, -0.2) is 65.3 Å². The van der Waals surface area contributed by atoms with Gasteiger partial charge in [0, 0.05) is 31.1 Å². The Bertz CT molecular complexity index is 804. The van der Waals surface area contributed by atoms with Crippen LogP contribution < -0.4 is 10.5 Å². The SMILES string of the molecule is N[C@@H]1C[C@H](F)CN1C(=O)CN1CCC(Oc2nccc3ccccc23)CC1. The van der Waals surface area contributed by atoms with Crippen molar-refractivity contribution >= 4 is 16.7 Å². The summed E-state index contributed by atoms with van der Waals surface area (Å²) in [6.45, 7) is 1.94. The number of nitrogens with zero attached hydrogens (tertiary/aromatic N) is 3. The van der Waals surface area contributed by atoms with E-state index in [4.69, 9.17) is 10.5 Å². The minimum absolute atomic E-state index is 0.0823. The Morgan fingerprint density at radius 3 is 2.78 bits per heavy atom. The van der Waals surface area contributed by atoms with E-state index in [0.29, 0.717) is 12.4 Å². The number of likely N-dealkylation sites (tertiary alicyclic amines) is 2. The van der Waals surface area contributed by atoms with Crippen molar-refractivity contribution in [3.05, 3.63) is 36.5 Å². The molecule has 2 atom stereocenters. The van der Waals surface area contributed by atoms with E-state index >= 15 is 0 Å². The molecule has 6 nitrogen and oxygen atoms in total. The van der Waals surface area contributed by atoms with E-state index in [1.165, 1.54) is 4.90 Å². The number of amides is 1. The van der Waals surface area contributed by atoms with Crippen LogP contribution in [0, 0.1) is 0 Å². The average Bonchev–Trinajstić information content (AvgIpc) is 3.02. The number of carbonyl (C=O) groups is 1. The number of pyridine rings is 1. The highest BCUT2D eigenvalue weighted by Crippen LogP contribution is 2.26. The normalized spacial score (nSPS) is 24.4. The molecule has 27 heavy (non-hydrogen) atoms. The molecule has 0 radical (unpaired) electrons. The molecule has 2 aliphatic heterocycles. The maximum absolute atomic E-state index is 13.4. The molecular weight excluding hydrogens is 347 g/mol. The summed E-state index contributed by atoms with van der Waals surface area (Å²) in [6, 6.07) is 10.0. The van der Waals surface area contributed by atoms with E-state index < -0.39 is 12.3 Å². The summed E-state index contributed by atoms with van der Waals surface area (Å²) in [5.41, 5.74) is 5.85. The fourth-order valence-electron chi connectivity index (χ4n) is 3.91. The summed E-state index contributed by atoms with van der Waals surface area (Å²) in [4.78, 5) is 20.3. The Kier molecular flexibility index (Phi) is 5.22. The molecule has 0 unspecified atom stereocenters. The van der Waals surface area contributed by atoms with E-state index in [-0.39, 0.29) is 25.0 Å². The molecule has 144 valence electrons. The topological polar surface area (TPSA) is 71.7 Å². The van der Waals surface area contributed by atoms with Crippen molar-refractivity contribution in [2.45, 2.75) is 37.7 Å². The third-order valence-corrected chi connectivity index (χ3v) is 5.42. The molecule has 7 heteroatoms. The van der Waals surface area contributed by atoms with E-state index in [0.717, 1.165) is 36.7 Å². The number of halogens is 1. The van der Waals surface area contributed by atoms with E-state index in [2.05, 4.69) is 9.88 Å². The Hall–Kier alpha value is -2.25. The van der Waals surface area contributed by atoms with Crippen molar-refractivity contribution in [1.29, 1.82) is 0 Å². The number of aromatic nitrogens is 1. The van der Waals surface area contributed by atoms with Crippen LogP contribution >= 0.6 is 0 Å². The summed E-state index contributed by atoms with van der Waals surface area (Å²) in [7, 11) is 0. The third-order valence-electron chi connectivity index (χ3n) is 5.42. The molecule has 2 saturated heterocycles. The molecule has 1 amide bonds. The molecule has 2 fully saturated rings. The second-order valence-electron chi connectivity index (χ2n) is 7.38. The van der Waals surface area contributed by atoms with Crippen LogP contribution in [0.15, 0.2) is 36.5 Å². The summed E-state index contributed by atoms with van der Waals surface area (Å²) < 4.78 is 19.6. The van der Waals surface area contributed by atoms with Crippen LogP contribution in [0.1, 0.15) is 19.3 Å². The zero-order chi connectivity index (χ0) is 18.8. The number of piperidine rings is 1. The van der Waals surface area contributed by atoms with Gasteiger partial charge in [-0.05, 0) is 30.4 Å². The van der Waals surface area contributed by atoms with Crippen molar-refractivity contribution in [2.24, 2.45) is 5.73 Å². The zero-order valence-corrected chi connectivity index (χ0v) is 15.3. The van der Waals surface area contributed by atoms with Gasteiger partial charge in [0.15, 0.2) is 0 Å². The quantitative estimate of drug-likeness (QED) is 0.888. The number of benzene rings is 1. The first-order chi connectivity index (χ1) is 13.1. The number of alkyl halides is 1. The number of hydrogen-bond donors (Lipinski definition) is 1. The van der Waals surface area contributed by atoms with Gasteiger partial charge < -0.3 is 15.4 Å². The van der Waals surface area contributed by atoms with E-state index in [1.54, 1.807) is 6.20 Å². The lowest BCUT2D eigenvalue weighted by atomic mass is 10.1. The highest BCUT2D eigenvalue weighted by molar-refractivity contribution is 5.86. The number of hydrogen-bond acceptors (Lipinski definition) is 5. The van der Waals surface area contributed by atoms with Crippen molar-refractivity contribution in [1.82, 2.24) is 14.8 Å². The van der Waals surface area contributed by atoms with Crippen molar-refractivity contribution in [2.75, 3.05) is 26.2 Å². The molecule has 0 aliphatic carbocycles. The largest absolute Gasteiger partial charge is 0.474 e. The van der Waals surface area contributed by atoms with Crippen LogP contribution in [0.3, 0.4) is 0 Å². The maximum atomic E-state index is 13.4. The first kappa shape index (κ1) is 18.1. The van der Waals surface area contributed by atoms with Crippen LogP contribution in [0.2, 0.25) is 0 Å². The Morgan fingerprint density at radius 1 is 1.26 bits per heavy atom. The summed E-state index contributed by atoms with van der Waals surface area (Å²) in [5, 5.41) is 2.13. The van der Waals surface area contributed by atoms with E-state index in [1.807, 2.05) is 30.3 Å². The van der Waals surface area contributed by atoms with Crippen LogP contribution in [0.4, 0.5) is 4.39 Å². The molecule has 0 saturated carbocycles. The lowest BCUT2D eigenvalue weighted by molar-refractivity contribution is -0.133. The Balaban J connectivity index is 1.31. The van der Waals surface area contributed by atoms with Gasteiger partial charge in [0.2, 0.25) is 11.8 Å². The van der Waals surface area contributed by atoms with Gasteiger partial charge in [0.05, 0.1) is 19.3 Å². The van der Waals surface area contributed by atoms with Gasteiger partial charge in [0.1, 0.15) is 12.3 Å². The standard InChI is InChI=1S/C20H25FN4O2/c21-15-11-18(22)25(12-15)19(26)13-24-9-6-16(7-10-24)27-20-17-4-2-1-3-14(17)5-8-23-20/h1-5,8,15-16,18H,6-7,9-13,22H2/t15-,18-/m0/s1. The van der Waals surface area contributed by atoms with Gasteiger partial charge in [-0.3, -0.25) is 9.69 Å². The monoisotopic (exact) mass is 372 g/mol. The second kappa shape index (κ2) is 7.78. The molecule has 1 aromatic carbocycles. The molecule has 2 aliphatic rings. The second-order valence-corrected chi connectivity index (χ2v) is 7.38. The fourth-order valence-corrected chi connectivity index (χ4v) is 3.91. The van der Waals surface area contributed by atoms with Gasteiger partial charge in [-0.15, -0.1) is 0 Å². The number of ether oxygens (including phenoxy) is 1. The lowest BCUT2D eigenvalue weighted by Gasteiger charge is -2.33. The first-order valence-electron chi connectivity index (χ1n) is 9.52. The van der Waals surface area contributed by atoms with Gasteiger partial charge in [0.25, 0.3) is 0 Å². The summed E-state index contributed by atoms with van der Waals surface area (Å²) >= 11 is 0. The average molecular weight is 372 g/mol. The zero-order valence-electron chi connectivity index (χ0n) is 15.3. The Labute approximate surface area is 158 Å². The molecule has 0 bridgehead atoms. The van der Waals surface area contributed by atoms with Crippen molar-refractivity contribution in [3.8, 4) is 5.88 Å². The van der Waals surface area contributed by atoms with Crippen LogP contribution in [0.25, 0.3) is 10.8 Å². The Morgan fingerprint density at radius 2 is 2.04 bits per heavy atom. The summed E-state index contributed by atoms with van der Waals surface area (Å²) in [6.07, 6.45) is 2.25. The smallest absolute Gasteiger partial charge is 0.238 e. The number of fused-ring (bicyclic) bond motifs is 1. The van der Waals surface area contributed by atoms with Crippen molar-refractivity contribution in [3.63, 3.8) is 0 Å². The molecule has 2 aromatic rings. The molecule has 1 aromatic heterocycles. The predicted octanol–water partition coefficient (Wildman–Crippen LogP) is 1.93. The van der Waals surface area contributed by atoms with Crippen LogP contribution in [0.5, 0.6) is 5.88 Å².